The zero-order chi connectivity index (χ0) is 25.8. The summed E-state index contributed by atoms with van der Waals surface area (Å²) < 4.78 is 7.77. The fourth-order valence-electron chi connectivity index (χ4n) is 5.54. The van der Waals surface area contributed by atoms with Crippen LogP contribution in [0.2, 0.25) is 0 Å². The van der Waals surface area contributed by atoms with Gasteiger partial charge in [-0.15, -0.1) is 0 Å². The van der Waals surface area contributed by atoms with Gasteiger partial charge in [-0.05, 0) is 18.1 Å². The zero-order valence-electron chi connectivity index (χ0n) is 20.2. The number of nitrogens with one attached hydrogen (secondary N) is 1. The molecule has 0 aliphatic carbocycles. The second-order valence-corrected chi connectivity index (χ2v) is 9.36. The van der Waals surface area contributed by atoms with Crippen molar-refractivity contribution >= 4 is 50.7 Å². The van der Waals surface area contributed by atoms with Gasteiger partial charge >= 0.3 is 0 Å². The topological polar surface area (TPSA) is 110 Å². The van der Waals surface area contributed by atoms with Crippen molar-refractivity contribution in [3.05, 3.63) is 95.9 Å². The van der Waals surface area contributed by atoms with Crippen LogP contribution in [0, 0.1) is 0 Å². The summed E-state index contributed by atoms with van der Waals surface area (Å²) in [5, 5.41) is 4.23. The lowest BCUT2D eigenvalue weighted by atomic mass is 9.94. The van der Waals surface area contributed by atoms with E-state index in [1.165, 1.54) is 18.6 Å². The highest BCUT2D eigenvalue weighted by Gasteiger charge is 2.35. The third-order valence-electron chi connectivity index (χ3n) is 7.26. The Morgan fingerprint density at radius 3 is 2.61 bits per heavy atom. The maximum atomic E-state index is 13.2. The van der Waals surface area contributed by atoms with E-state index in [1.807, 2.05) is 42.6 Å². The van der Waals surface area contributed by atoms with Crippen molar-refractivity contribution in [2.75, 3.05) is 13.1 Å². The molecule has 9 nitrogen and oxygen atoms in total. The van der Waals surface area contributed by atoms with Crippen molar-refractivity contribution in [3.8, 4) is 0 Å². The van der Waals surface area contributed by atoms with Crippen molar-refractivity contribution in [3.63, 3.8) is 0 Å². The lowest BCUT2D eigenvalue weighted by Gasteiger charge is -2.25. The Bertz CT molecular complexity index is 1810. The fraction of sp³-hybridized carbons (Fsp3) is 0.138. The predicted molar refractivity (Wildman–Crippen MR) is 140 cm³/mol. The first-order chi connectivity index (χ1) is 18.6. The van der Waals surface area contributed by atoms with Crippen molar-refractivity contribution in [1.29, 1.82) is 0 Å². The van der Waals surface area contributed by atoms with Gasteiger partial charge in [0.05, 0.1) is 29.1 Å². The van der Waals surface area contributed by atoms with Gasteiger partial charge in [-0.25, -0.2) is 4.98 Å². The zero-order valence-corrected chi connectivity index (χ0v) is 20.2. The van der Waals surface area contributed by atoms with E-state index in [-0.39, 0.29) is 5.91 Å². The highest BCUT2D eigenvalue weighted by molar-refractivity contribution is 6.50. The number of carbonyl (C=O) groups is 3. The molecule has 1 N–H and O–H groups in total. The summed E-state index contributed by atoms with van der Waals surface area (Å²) in [7, 11) is 0. The van der Waals surface area contributed by atoms with Crippen molar-refractivity contribution in [1.82, 2.24) is 24.8 Å². The van der Waals surface area contributed by atoms with E-state index in [9.17, 15) is 14.4 Å². The molecule has 0 bridgehead atoms. The highest BCUT2D eigenvalue weighted by atomic mass is 16.3. The van der Waals surface area contributed by atoms with Gasteiger partial charge in [0.15, 0.2) is 0 Å². The molecule has 0 unspecified atom stereocenters. The Morgan fingerprint density at radius 1 is 0.921 bits per heavy atom. The van der Waals surface area contributed by atoms with E-state index in [1.54, 1.807) is 17.2 Å². The Morgan fingerprint density at radius 2 is 1.76 bits per heavy atom. The minimum absolute atomic E-state index is 0.168. The van der Waals surface area contributed by atoms with E-state index < -0.39 is 11.8 Å². The molecule has 0 atom stereocenters. The van der Waals surface area contributed by atoms with E-state index in [4.69, 9.17) is 4.42 Å². The first-order valence-corrected chi connectivity index (χ1v) is 12.3. The van der Waals surface area contributed by atoms with Crippen LogP contribution < -0.4 is 5.32 Å². The molecule has 186 valence electrons. The number of para-hydroxylation sites is 2. The van der Waals surface area contributed by atoms with Gasteiger partial charge < -0.3 is 13.9 Å². The largest absolute Gasteiger partial charge is 0.464 e. The molecule has 7 rings (SSSR count). The summed E-state index contributed by atoms with van der Waals surface area (Å²) in [6.45, 7) is 1.52. The molecule has 3 amide bonds. The van der Waals surface area contributed by atoms with E-state index in [2.05, 4.69) is 19.9 Å². The minimum atomic E-state index is -0.448. The van der Waals surface area contributed by atoms with Gasteiger partial charge in [0.2, 0.25) is 0 Å². The first kappa shape index (κ1) is 22.2. The number of nitrogens with zero attached hydrogens (tertiary/aromatic N) is 4. The normalized spacial score (nSPS) is 15.7. The Kier molecular flexibility index (Phi) is 4.97. The van der Waals surface area contributed by atoms with Crippen LogP contribution in [0.4, 0.5) is 0 Å². The molecular formula is C29H21N5O4. The number of furan rings is 1. The highest BCUT2D eigenvalue weighted by Crippen LogP contribution is 2.39. The molecular weight excluding hydrogens is 482 g/mol. The molecule has 0 saturated heterocycles. The molecule has 0 spiro atoms. The Hall–Kier alpha value is -5.05. The summed E-state index contributed by atoms with van der Waals surface area (Å²) in [6.07, 6.45) is 8.65. The van der Waals surface area contributed by atoms with Crippen molar-refractivity contribution in [2.45, 2.75) is 13.0 Å². The quantitative estimate of drug-likeness (QED) is 0.378. The summed E-state index contributed by atoms with van der Waals surface area (Å²) in [4.78, 5) is 49.4. The van der Waals surface area contributed by atoms with Gasteiger partial charge in [0, 0.05) is 60.1 Å². The van der Waals surface area contributed by atoms with Crippen molar-refractivity contribution < 1.29 is 18.8 Å². The van der Waals surface area contributed by atoms with Crippen LogP contribution >= 0.6 is 0 Å². The second kappa shape index (κ2) is 8.52. The number of rotatable bonds is 3. The molecule has 2 aliphatic heterocycles. The Balaban J connectivity index is 1.36. The van der Waals surface area contributed by atoms with Gasteiger partial charge in [0.25, 0.3) is 17.7 Å². The Labute approximate surface area is 216 Å². The average molecular weight is 504 g/mol. The van der Waals surface area contributed by atoms with E-state index in [0.717, 1.165) is 21.9 Å². The lowest BCUT2D eigenvalue weighted by Crippen LogP contribution is -2.37. The summed E-state index contributed by atoms with van der Waals surface area (Å²) in [5.74, 6) is -1.05. The molecule has 5 heterocycles. The number of fused-ring (bicyclic) bond motifs is 1. The summed E-state index contributed by atoms with van der Waals surface area (Å²) in [5.41, 5.74) is 4.81. The van der Waals surface area contributed by atoms with Gasteiger partial charge in [-0.3, -0.25) is 24.7 Å². The van der Waals surface area contributed by atoms with Crippen LogP contribution in [0.15, 0.2) is 77.9 Å². The molecule has 2 aliphatic rings. The summed E-state index contributed by atoms with van der Waals surface area (Å²) >= 11 is 0. The molecule has 2 aromatic carbocycles. The third-order valence-corrected chi connectivity index (χ3v) is 7.26. The maximum Gasteiger partial charge on any atom is 0.274 e. The van der Waals surface area contributed by atoms with Crippen LogP contribution in [0.3, 0.4) is 0 Å². The predicted octanol–water partition coefficient (Wildman–Crippen LogP) is 3.44. The van der Waals surface area contributed by atoms with Gasteiger partial charge in [0.1, 0.15) is 11.3 Å². The summed E-state index contributed by atoms with van der Waals surface area (Å²) in [6, 6.07) is 13.3. The molecule has 0 radical (unpaired) electrons. The average Bonchev–Trinajstić information content (AvgIpc) is 3.63. The number of hydrogen-bond acceptors (Lipinski definition) is 6. The number of carbonyl (C=O) groups excluding carboxylic acids is 3. The van der Waals surface area contributed by atoms with Crippen LogP contribution in [-0.4, -0.2) is 50.2 Å². The number of benzene rings is 2. The fourth-order valence-corrected chi connectivity index (χ4v) is 5.54. The van der Waals surface area contributed by atoms with E-state index in [0.29, 0.717) is 59.6 Å². The number of amides is 3. The van der Waals surface area contributed by atoms with Crippen LogP contribution in [-0.2, 0) is 22.6 Å². The maximum absolute atomic E-state index is 13.2. The van der Waals surface area contributed by atoms with Crippen LogP contribution in [0.5, 0.6) is 0 Å². The molecule has 0 fully saturated rings. The molecule has 9 heteroatoms. The number of hydrogen-bond donors (Lipinski definition) is 1. The van der Waals surface area contributed by atoms with Gasteiger partial charge in [-0.1, -0.05) is 36.4 Å². The van der Waals surface area contributed by atoms with Crippen LogP contribution in [0.1, 0.15) is 27.2 Å². The third kappa shape index (κ3) is 3.36. The number of imide groups is 1. The van der Waals surface area contributed by atoms with Gasteiger partial charge in [-0.2, -0.15) is 0 Å². The SMILES string of the molecule is O=C1NC(=O)C(c2cccc3ccoc23)=C1c1cn2c3c(cccc13)CCN(C(=O)c1cnccn1)CC2. The van der Waals surface area contributed by atoms with Crippen LogP contribution in [0.25, 0.3) is 33.0 Å². The monoisotopic (exact) mass is 503 g/mol. The lowest BCUT2D eigenvalue weighted by molar-refractivity contribution is -0.122. The molecule has 0 saturated carbocycles. The molecule has 38 heavy (non-hydrogen) atoms. The van der Waals surface area contributed by atoms with E-state index >= 15 is 0 Å². The number of aromatic nitrogens is 3. The smallest absolute Gasteiger partial charge is 0.274 e. The first-order valence-electron chi connectivity index (χ1n) is 12.3. The van der Waals surface area contributed by atoms with Crippen molar-refractivity contribution in [2.24, 2.45) is 0 Å². The molecule has 5 aromatic rings. The minimum Gasteiger partial charge on any atom is -0.464 e. The second-order valence-electron chi connectivity index (χ2n) is 9.36. The molecule has 3 aromatic heterocycles. The standard InChI is InChI=1S/C29H21N5O4/c35-27-23(20-6-2-4-18-8-14-38-26(18)20)24(28(36)32-27)21-16-34-13-12-33(29(37)22-15-30-9-10-31-22)11-7-17-3-1-5-19(21)25(17)34/h1-6,8-10,14-16H,7,11-13H2,(H,32,35,36).